The molecule has 0 saturated carbocycles. The molecule has 134 valence electrons. The third kappa shape index (κ3) is 5.15. The monoisotopic (exact) mass is 365 g/mol. The lowest BCUT2D eigenvalue weighted by Crippen LogP contribution is -2.24. The summed E-state index contributed by atoms with van der Waals surface area (Å²) in [5.41, 5.74) is 0.550. The van der Waals surface area contributed by atoms with Crippen molar-refractivity contribution in [1.29, 1.82) is 0 Å². The minimum absolute atomic E-state index is 0.136. The Morgan fingerprint density at radius 3 is 2.44 bits per heavy atom. The van der Waals surface area contributed by atoms with Crippen molar-refractivity contribution in [2.45, 2.75) is 11.7 Å². The minimum Gasteiger partial charge on any atom is -0.493 e. The fourth-order valence-electron chi connectivity index (χ4n) is 2.05. The standard InChI is InChI=1S/C16H19N3O5S/c1-22-11-6-10(7-12(23-2)15(11)24-3)8-18-14(21)9-25-16-17-5-4-13(20)19-16/h4-7H,8-9H2,1-3H3,(H,18,21)(H,17,19,20). The van der Waals surface area contributed by atoms with Gasteiger partial charge in [0.15, 0.2) is 16.7 Å². The van der Waals surface area contributed by atoms with Crippen LogP contribution in [0.4, 0.5) is 0 Å². The molecule has 0 aliphatic heterocycles. The van der Waals surface area contributed by atoms with E-state index in [4.69, 9.17) is 14.2 Å². The summed E-state index contributed by atoms with van der Waals surface area (Å²) in [5.74, 6) is 1.48. The first-order valence-corrected chi connectivity index (χ1v) is 8.29. The number of ether oxygens (including phenoxy) is 3. The second-order valence-electron chi connectivity index (χ2n) is 4.84. The van der Waals surface area contributed by atoms with Crippen molar-refractivity contribution in [2.24, 2.45) is 0 Å². The SMILES string of the molecule is COc1cc(CNC(=O)CSc2nccc(=O)[nH]2)cc(OC)c1OC. The van der Waals surface area contributed by atoms with E-state index in [1.165, 1.54) is 33.6 Å². The first-order valence-electron chi connectivity index (χ1n) is 7.31. The van der Waals surface area contributed by atoms with Crippen molar-refractivity contribution in [3.63, 3.8) is 0 Å². The van der Waals surface area contributed by atoms with Crippen molar-refractivity contribution in [3.05, 3.63) is 40.3 Å². The van der Waals surface area contributed by atoms with Crippen molar-refractivity contribution < 1.29 is 19.0 Å². The van der Waals surface area contributed by atoms with Gasteiger partial charge in [0.25, 0.3) is 5.56 Å². The largest absolute Gasteiger partial charge is 0.493 e. The fraction of sp³-hybridized carbons (Fsp3) is 0.312. The van der Waals surface area contributed by atoms with E-state index in [0.717, 1.165) is 17.3 Å². The summed E-state index contributed by atoms with van der Waals surface area (Å²) >= 11 is 1.15. The van der Waals surface area contributed by atoms with Crippen LogP contribution in [0.15, 0.2) is 34.3 Å². The number of hydrogen-bond donors (Lipinski definition) is 2. The zero-order valence-electron chi connectivity index (χ0n) is 14.1. The molecule has 2 N–H and O–H groups in total. The summed E-state index contributed by atoms with van der Waals surface area (Å²) in [6.07, 6.45) is 1.40. The molecule has 0 aliphatic carbocycles. The number of benzene rings is 1. The van der Waals surface area contributed by atoms with Crippen LogP contribution in [0.1, 0.15) is 5.56 Å². The van der Waals surface area contributed by atoms with E-state index in [9.17, 15) is 9.59 Å². The van der Waals surface area contributed by atoms with Crippen LogP contribution in [0.5, 0.6) is 17.2 Å². The summed E-state index contributed by atoms with van der Waals surface area (Å²) in [6, 6.07) is 4.85. The molecular formula is C16H19N3O5S. The topological polar surface area (TPSA) is 103 Å². The number of thioether (sulfide) groups is 1. The first kappa shape index (κ1) is 18.7. The average Bonchev–Trinajstić information content (AvgIpc) is 2.63. The van der Waals surface area contributed by atoms with Crippen LogP contribution in [0.2, 0.25) is 0 Å². The third-order valence-electron chi connectivity index (χ3n) is 3.20. The number of nitrogens with one attached hydrogen (secondary N) is 2. The lowest BCUT2D eigenvalue weighted by molar-refractivity contribution is -0.118. The number of rotatable bonds is 8. The quantitative estimate of drug-likeness (QED) is 0.535. The van der Waals surface area contributed by atoms with E-state index < -0.39 is 0 Å². The number of aromatic nitrogens is 2. The second kappa shape index (κ2) is 8.97. The molecular weight excluding hydrogens is 346 g/mol. The lowest BCUT2D eigenvalue weighted by Gasteiger charge is -2.14. The highest BCUT2D eigenvalue weighted by atomic mass is 32.2. The Balaban J connectivity index is 1.96. The predicted octanol–water partition coefficient (Wildman–Crippen LogP) is 1.20. The summed E-state index contributed by atoms with van der Waals surface area (Å²) in [7, 11) is 4.59. The molecule has 1 aromatic heterocycles. The van der Waals surface area contributed by atoms with E-state index in [1.807, 2.05) is 0 Å². The van der Waals surface area contributed by atoms with Gasteiger partial charge in [0.1, 0.15) is 0 Å². The number of nitrogens with zero attached hydrogens (tertiary/aromatic N) is 1. The average molecular weight is 365 g/mol. The highest BCUT2D eigenvalue weighted by Crippen LogP contribution is 2.38. The number of hydrogen-bond acceptors (Lipinski definition) is 7. The molecule has 1 aromatic carbocycles. The van der Waals surface area contributed by atoms with Gasteiger partial charge in [0, 0.05) is 18.8 Å². The van der Waals surface area contributed by atoms with Crippen molar-refractivity contribution in [3.8, 4) is 17.2 Å². The predicted molar refractivity (Wildman–Crippen MR) is 93.5 cm³/mol. The Bertz CT molecular complexity index is 768. The van der Waals surface area contributed by atoms with Gasteiger partial charge >= 0.3 is 0 Å². The van der Waals surface area contributed by atoms with Crippen LogP contribution >= 0.6 is 11.8 Å². The number of aromatic amines is 1. The Labute approximate surface area is 148 Å². The molecule has 1 amide bonds. The summed E-state index contributed by atoms with van der Waals surface area (Å²) in [4.78, 5) is 29.7. The van der Waals surface area contributed by atoms with Gasteiger partial charge in [-0.15, -0.1) is 0 Å². The Morgan fingerprint density at radius 1 is 1.20 bits per heavy atom. The van der Waals surface area contributed by atoms with Gasteiger partial charge in [-0.2, -0.15) is 0 Å². The van der Waals surface area contributed by atoms with Crippen molar-refractivity contribution in [2.75, 3.05) is 27.1 Å². The van der Waals surface area contributed by atoms with E-state index in [0.29, 0.717) is 28.9 Å². The number of H-pyrrole nitrogens is 1. The highest BCUT2D eigenvalue weighted by molar-refractivity contribution is 7.99. The molecule has 2 rings (SSSR count). The second-order valence-corrected chi connectivity index (χ2v) is 5.80. The molecule has 1 heterocycles. The molecule has 0 unspecified atom stereocenters. The maximum atomic E-state index is 12.0. The summed E-state index contributed by atoms with van der Waals surface area (Å²) < 4.78 is 15.8. The van der Waals surface area contributed by atoms with E-state index >= 15 is 0 Å². The first-order chi connectivity index (χ1) is 12.1. The molecule has 0 radical (unpaired) electrons. The van der Waals surface area contributed by atoms with Crippen molar-refractivity contribution in [1.82, 2.24) is 15.3 Å². The minimum atomic E-state index is -0.254. The number of carbonyl (C=O) groups is 1. The third-order valence-corrected chi connectivity index (χ3v) is 4.09. The molecule has 9 heteroatoms. The van der Waals surface area contributed by atoms with Gasteiger partial charge in [0.05, 0.1) is 27.1 Å². The van der Waals surface area contributed by atoms with E-state index in [-0.39, 0.29) is 17.2 Å². The Morgan fingerprint density at radius 2 is 1.88 bits per heavy atom. The zero-order valence-corrected chi connectivity index (χ0v) is 14.9. The maximum absolute atomic E-state index is 12.0. The Hall–Kier alpha value is -2.68. The molecule has 8 nitrogen and oxygen atoms in total. The van der Waals surface area contributed by atoms with Gasteiger partial charge in [-0.05, 0) is 17.7 Å². The molecule has 0 atom stereocenters. The van der Waals surface area contributed by atoms with Gasteiger partial charge < -0.3 is 24.5 Å². The van der Waals surface area contributed by atoms with Gasteiger partial charge in [0.2, 0.25) is 11.7 Å². The van der Waals surface area contributed by atoms with E-state index in [1.54, 1.807) is 12.1 Å². The van der Waals surface area contributed by atoms with Gasteiger partial charge in [-0.1, -0.05) is 11.8 Å². The molecule has 0 saturated heterocycles. The fourth-order valence-corrected chi connectivity index (χ4v) is 2.73. The molecule has 25 heavy (non-hydrogen) atoms. The van der Waals surface area contributed by atoms with Crippen LogP contribution in [0.3, 0.4) is 0 Å². The molecule has 0 aliphatic rings. The Kier molecular flexibility index (Phi) is 6.70. The van der Waals surface area contributed by atoms with Gasteiger partial charge in [-0.3, -0.25) is 9.59 Å². The van der Waals surface area contributed by atoms with Crippen LogP contribution in [-0.2, 0) is 11.3 Å². The maximum Gasteiger partial charge on any atom is 0.251 e. The summed E-state index contributed by atoms with van der Waals surface area (Å²) in [6.45, 7) is 0.300. The molecule has 0 fully saturated rings. The number of carbonyl (C=O) groups excluding carboxylic acids is 1. The number of methoxy groups -OCH3 is 3. The smallest absolute Gasteiger partial charge is 0.251 e. The van der Waals surface area contributed by atoms with Crippen molar-refractivity contribution >= 4 is 17.7 Å². The van der Waals surface area contributed by atoms with E-state index in [2.05, 4.69) is 15.3 Å². The molecule has 0 bridgehead atoms. The number of amides is 1. The molecule has 0 spiro atoms. The van der Waals surface area contributed by atoms with Gasteiger partial charge in [-0.25, -0.2) is 4.98 Å². The lowest BCUT2D eigenvalue weighted by atomic mass is 10.2. The van der Waals surface area contributed by atoms with Crippen LogP contribution < -0.4 is 25.1 Å². The van der Waals surface area contributed by atoms with Crippen LogP contribution in [0, 0.1) is 0 Å². The van der Waals surface area contributed by atoms with Crippen LogP contribution in [-0.4, -0.2) is 43.0 Å². The normalized spacial score (nSPS) is 10.2. The summed E-state index contributed by atoms with van der Waals surface area (Å²) in [5, 5.41) is 3.19. The zero-order chi connectivity index (χ0) is 18.2. The highest BCUT2D eigenvalue weighted by Gasteiger charge is 2.13. The van der Waals surface area contributed by atoms with Crippen LogP contribution in [0.25, 0.3) is 0 Å². The molecule has 2 aromatic rings.